The number of hydrogen-bond donors (Lipinski definition) is 4. The van der Waals surface area contributed by atoms with Gasteiger partial charge in [0.25, 0.3) is 11.8 Å². The summed E-state index contributed by atoms with van der Waals surface area (Å²) in [6, 6.07) is 20.2. The number of Topliss-reactive ketones (excluding diaryl/α,β-unsaturated/α-hetero) is 1. The lowest BCUT2D eigenvalue weighted by Gasteiger charge is -2.30. The van der Waals surface area contributed by atoms with E-state index < -0.39 is 23.8 Å². The second-order valence-corrected chi connectivity index (χ2v) is 9.98. The molecule has 0 aromatic heterocycles. The van der Waals surface area contributed by atoms with Gasteiger partial charge in [-0.2, -0.15) is 0 Å². The van der Waals surface area contributed by atoms with E-state index in [9.17, 15) is 19.2 Å². The van der Waals surface area contributed by atoms with Gasteiger partial charge in [-0.1, -0.05) is 36.4 Å². The third-order valence-corrected chi connectivity index (χ3v) is 7.08. The molecule has 3 aromatic rings. The van der Waals surface area contributed by atoms with Crippen LogP contribution in [-0.4, -0.2) is 49.2 Å². The highest BCUT2D eigenvalue weighted by Crippen LogP contribution is 2.33. The minimum Gasteiger partial charge on any atom is -0.397 e. The molecule has 4 rings (SSSR count). The molecule has 40 heavy (non-hydrogen) atoms. The molecule has 0 aliphatic carbocycles. The number of carbonyl (C=O) groups excluding carboxylic acids is 4. The van der Waals surface area contributed by atoms with Crippen LogP contribution in [0.1, 0.15) is 52.8 Å². The third kappa shape index (κ3) is 6.58. The standard InChI is InChI=1S/C30H34N6O4/c1-35(2)22-13-11-20(12-14-22)26(36-18-17-27(37)29(36)39)16-15-24(34-30(32)40)19-7-9-21(10-8-19)28(38)33-25-6-4-3-5-23(25)31/h3-14,24,26H,15-18,31H2,1-2H3,(H,33,38)(H3,32,34,40). The molecule has 0 radical (unpaired) electrons. The summed E-state index contributed by atoms with van der Waals surface area (Å²) in [5.74, 6) is -1.20. The molecule has 10 heteroatoms. The van der Waals surface area contributed by atoms with Crippen LogP contribution in [0.15, 0.2) is 72.8 Å². The lowest BCUT2D eigenvalue weighted by atomic mass is 9.94. The van der Waals surface area contributed by atoms with Crippen LogP contribution in [-0.2, 0) is 9.59 Å². The quantitative estimate of drug-likeness (QED) is 0.227. The van der Waals surface area contributed by atoms with E-state index in [0.717, 1.165) is 16.8 Å². The van der Waals surface area contributed by atoms with Crippen LogP contribution >= 0.6 is 0 Å². The van der Waals surface area contributed by atoms with Gasteiger partial charge in [0.15, 0.2) is 0 Å². The molecule has 3 aromatic carbocycles. The minimum absolute atomic E-state index is 0.187. The largest absolute Gasteiger partial charge is 0.397 e. The Balaban J connectivity index is 1.53. The minimum atomic E-state index is -0.689. The fourth-order valence-corrected chi connectivity index (χ4v) is 4.88. The van der Waals surface area contributed by atoms with E-state index in [2.05, 4.69) is 10.6 Å². The van der Waals surface area contributed by atoms with E-state index >= 15 is 0 Å². The van der Waals surface area contributed by atoms with Crippen LogP contribution in [0, 0.1) is 0 Å². The molecule has 1 heterocycles. The molecule has 0 saturated carbocycles. The zero-order valence-electron chi connectivity index (χ0n) is 22.6. The number of primary amides is 1. The summed E-state index contributed by atoms with van der Waals surface area (Å²) >= 11 is 0. The first-order valence-electron chi connectivity index (χ1n) is 13.1. The predicted octanol–water partition coefficient (Wildman–Crippen LogP) is 3.62. The number of benzene rings is 3. The number of amides is 4. The normalized spacial score (nSPS) is 14.5. The second kappa shape index (κ2) is 12.3. The maximum Gasteiger partial charge on any atom is 0.312 e. The molecule has 1 fully saturated rings. The molecular formula is C30H34N6O4. The summed E-state index contributed by atoms with van der Waals surface area (Å²) in [5.41, 5.74) is 15.5. The number of ketones is 1. The van der Waals surface area contributed by atoms with Crippen molar-refractivity contribution in [1.82, 2.24) is 10.2 Å². The van der Waals surface area contributed by atoms with Gasteiger partial charge < -0.3 is 31.9 Å². The molecule has 208 valence electrons. The second-order valence-electron chi connectivity index (χ2n) is 9.98. The predicted molar refractivity (Wildman–Crippen MR) is 155 cm³/mol. The van der Waals surface area contributed by atoms with Crippen LogP contribution in [0.25, 0.3) is 0 Å². The van der Waals surface area contributed by atoms with Crippen LogP contribution in [0.5, 0.6) is 0 Å². The smallest absolute Gasteiger partial charge is 0.312 e. The van der Waals surface area contributed by atoms with Gasteiger partial charge in [-0.25, -0.2) is 4.79 Å². The Morgan fingerprint density at radius 2 is 1.57 bits per heavy atom. The Morgan fingerprint density at radius 3 is 2.15 bits per heavy atom. The molecule has 4 amide bonds. The van der Waals surface area contributed by atoms with Crippen LogP contribution < -0.4 is 27.0 Å². The Morgan fingerprint density at radius 1 is 0.925 bits per heavy atom. The average Bonchev–Trinajstić information content (AvgIpc) is 3.27. The van der Waals surface area contributed by atoms with Gasteiger partial charge in [0.05, 0.1) is 23.5 Å². The average molecular weight is 543 g/mol. The Labute approximate surface area is 233 Å². The van der Waals surface area contributed by atoms with Crippen molar-refractivity contribution in [2.45, 2.75) is 31.3 Å². The zero-order valence-corrected chi connectivity index (χ0v) is 22.6. The van der Waals surface area contributed by atoms with Gasteiger partial charge in [0.1, 0.15) is 0 Å². The highest BCUT2D eigenvalue weighted by molar-refractivity contribution is 6.37. The number of nitrogens with two attached hydrogens (primary N) is 2. The fourth-order valence-electron chi connectivity index (χ4n) is 4.88. The van der Waals surface area contributed by atoms with Crippen molar-refractivity contribution in [1.29, 1.82) is 0 Å². The first-order valence-corrected chi connectivity index (χ1v) is 13.1. The summed E-state index contributed by atoms with van der Waals surface area (Å²) in [6.45, 7) is 0.349. The van der Waals surface area contributed by atoms with E-state index in [0.29, 0.717) is 36.3 Å². The number of nitrogens with one attached hydrogen (secondary N) is 2. The summed E-state index contributed by atoms with van der Waals surface area (Å²) < 4.78 is 0. The molecule has 1 saturated heterocycles. The van der Waals surface area contributed by atoms with Gasteiger partial charge in [0, 0.05) is 38.3 Å². The lowest BCUT2D eigenvalue weighted by Crippen LogP contribution is -2.35. The highest BCUT2D eigenvalue weighted by Gasteiger charge is 2.35. The number of nitrogen functional groups attached to an aromatic ring is 1. The summed E-state index contributed by atoms with van der Waals surface area (Å²) in [6.07, 6.45) is 1.10. The zero-order chi connectivity index (χ0) is 28.8. The van der Waals surface area contributed by atoms with Crippen molar-refractivity contribution in [3.63, 3.8) is 0 Å². The number of nitrogens with zero attached hydrogens (tertiary/aromatic N) is 2. The van der Waals surface area contributed by atoms with E-state index in [1.54, 1.807) is 53.4 Å². The van der Waals surface area contributed by atoms with Gasteiger partial charge in [-0.3, -0.25) is 14.4 Å². The van der Waals surface area contributed by atoms with E-state index in [-0.39, 0.29) is 18.4 Å². The molecule has 1 aliphatic heterocycles. The first-order chi connectivity index (χ1) is 19.1. The van der Waals surface area contributed by atoms with Crippen LogP contribution in [0.3, 0.4) is 0 Å². The summed E-state index contributed by atoms with van der Waals surface area (Å²) in [5, 5.41) is 5.57. The SMILES string of the molecule is CN(C)c1ccc(C(CCC(NC(N)=O)c2ccc(C(=O)Nc3ccccc3N)cc2)N2CCC(=O)C2=O)cc1. The number of para-hydroxylation sites is 2. The summed E-state index contributed by atoms with van der Waals surface area (Å²) in [4.78, 5) is 53.0. The van der Waals surface area contributed by atoms with Crippen molar-refractivity contribution < 1.29 is 19.2 Å². The number of carbonyl (C=O) groups is 4. The molecular weight excluding hydrogens is 508 g/mol. The Kier molecular flexibility index (Phi) is 8.68. The molecule has 2 atom stereocenters. The van der Waals surface area contributed by atoms with Gasteiger partial charge in [-0.05, 0) is 60.4 Å². The van der Waals surface area contributed by atoms with E-state index in [4.69, 9.17) is 11.5 Å². The number of urea groups is 1. The van der Waals surface area contributed by atoms with Crippen molar-refractivity contribution in [3.05, 3.63) is 89.5 Å². The lowest BCUT2D eigenvalue weighted by molar-refractivity contribution is -0.141. The topological polar surface area (TPSA) is 151 Å². The maximum absolute atomic E-state index is 12.7. The number of rotatable bonds is 10. The van der Waals surface area contributed by atoms with Gasteiger partial charge in [-0.15, -0.1) is 0 Å². The monoisotopic (exact) mass is 542 g/mol. The van der Waals surface area contributed by atoms with Crippen LogP contribution in [0.2, 0.25) is 0 Å². The van der Waals surface area contributed by atoms with Gasteiger partial charge >= 0.3 is 6.03 Å². The number of hydrogen-bond acceptors (Lipinski definition) is 6. The number of likely N-dealkylation sites (tertiary alicyclic amines) is 1. The molecule has 0 bridgehead atoms. The molecule has 10 nitrogen and oxygen atoms in total. The van der Waals surface area contributed by atoms with Gasteiger partial charge in [0.2, 0.25) is 5.78 Å². The van der Waals surface area contributed by atoms with Crippen molar-refractivity contribution in [3.8, 4) is 0 Å². The molecule has 1 aliphatic rings. The van der Waals surface area contributed by atoms with E-state index in [1.165, 1.54) is 0 Å². The van der Waals surface area contributed by atoms with Crippen molar-refractivity contribution in [2.24, 2.45) is 5.73 Å². The highest BCUT2D eigenvalue weighted by atomic mass is 16.2. The number of anilines is 3. The van der Waals surface area contributed by atoms with E-state index in [1.807, 2.05) is 43.3 Å². The molecule has 6 N–H and O–H groups in total. The fraction of sp³-hybridized carbons (Fsp3) is 0.267. The first kappa shape index (κ1) is 28.2. The Hall–Kier alpha value is -4.86. The Bertz CT molecular complexity index is 1390. The molecule has 2 unspecified atom stereocenters. The maximum atomic E-state index is 12.7. The van der Waals surface area contributed by atoms with Crippen molar-refractivity contribution in [2.75, 3.05) is 36.6 Å². The van der Waals surface area contributed by atoms with Crippen LogP contribution in [0.4, 0.5) is 21.9 Å². The summed E-state index contributed by atoms with van der Waals surface area (Å²) in [7, 11) is 3.89. The third-order valence-electron chi connectivity index (χ3n) is 7.08. The van der Waals surface area contributed by atoms with Crippen molar-refractivity contribution >= 4 is 40.7 Å². The molecule has 0 spiro atoms.